The molecule has 0 aliphatic carbocycles. The number of urea groups is 1. The highest BCUT2D eigenvalue weighted by Crippen LogP contribution is 2.24. The zero-order valence-corrected chi connectivity index (χ0v) is 11.6. The minimum atomic E-state index is -1.07. The third-order valence-corrected chi connectivity index (χ3v) is 3.65. The van der Waals surface area contributed by atoms with Gasteiger partial charge in [-0.2, -0.15) is 0 Å². The average Bonchev–Trinajstić information content (AvgIpc) is 2.57. The molecule has 0 bridgehead atoms. The van der Waals surface area contributed by atoms with Crippen LogP contribution in [0.4, 0.5) is 4.79 Å². The number of aliphatic carboxylic acids is 1. The first kappa shape index (κ1) is 14.4. The molecule has 2 atom stereocenters. The predicted octanol–water partition coefficient (Wildman–Crippen LogP) is 1.59. The Kier molecular flexibility index (Phi) is 4.66. The quantitative estimate of drug-likeness (QED) is 0.775. The van der Waals surface area contributed by atoms with Crippen molar-refractivity contribution in [3.8, 4) is 0 Å². The van der Waals surface area contributed by atoms with Crippen LogP contribution < -0.4 is 10.6 Å². The lowest BCUT2D eigenvalue weighted by molar-refractivity contribution is -0.138. The number of carboxylic acid groups (broad SMARTS) is 1. The van der Waals surface area contributed by atoms with E-state index in [9.17, 15) is 9.59 Å². The second-order valence-electron chi connectivity index (χ2n) is 4.08. The van der Waals surface area contributed by atoms with Crippen molar-refractivity contribution in [3.05, 3.63) is 15.6 Å². The Hall–Kier alpha value is -1.63. The summed E-state index contributed by atoms with van der Waals surface area (Å²) in [5.41, 5.74) is 0.886. The van der Waals surface area contributed by atoms with Crippen molar-refractivity contribution in [1.29, 1.82) is 0 Å². The topological polar surface area (TPSA) is 91.3 Å². The van der Waals surface area contributed by atoms with Gasteiger partial charge in [-0.25, -0.2) is 9.78 Å². The lowest BCUT2D eigenvalue weighted by atomic mass is 10.2. The molecule has 18 heavy (non-hydrogen) atoms. The third-order valence-electron chi connectivity index (χ3n) is 2.40. The van der Waals surface area contributed by atoms with E-state index in [1.54, 1.807) is 0 Å². The van der Waals surface area contributed by atoms with Crippen LogP contribution in [0.5, 0.6) is 0 Å². The van der Waals surface area contributed by atoms with Crippen molar-refractivity contribution >= 4 is 23.3 Å². The van der Waals surface area contributed by atoms with Gasteiger partial charge in [0.05, 0.1) is 16.7 Å². The van der Waals surface area contributed by atoms with E-state index >= 15 is 0 Å². The van der Waals surface area contributed by atoms with Gasteiger partial charge in [-0.3, -0.25) is 4.79 Å². The van der Waals surface area contributed by atoms with Gasteiger partial charge in [0, 0.05) is 4.88 Å². The maximum atomic E-state index is 11.6. The second-order valence-corrected chi connectivity index (χ2v) is 5.32. The summed E-state index contributed by atoms with van der Waals surface area (Å²) in [7, 11) is 0. The summed E-state index contributed by atoms with van der Waals surface area (Å²) < 4.78 is 0. The molecule has 1 aromatic heterocycles. The second kappa shape index (κ2) is 5.81. The number of amides is 2. The van der Waals surface area contributed by atoms with E-state index in [1.165, 1.54) is 18.3 Å². The van der Waals surface area contributed by atoms with Gasteiger partial charge in [-0.15, -0.1) is 11.3 Å². The van der Waals surface area contributed by atoms with Gasteiger partial charge in [0.25, 0.3) is 0 Å². The molecule has 1 unspecified atom stereocenters. The van der Waals surface area contributed by atoms with Crippen molar-refractivity contribution in [2.75, 3.05) is 0 Å². The number of hydrogen-bond acceptors (Lipinski definition) is 4. The fraction of sp³-hybridized carbons (Fsp3) is 0.545. The Bertz CT molecular complexity index is 458. The van der Waals surface area contributed by atoms with E-state index in [4.69, 9.17) is 5.11 Å². The SMILES string of the molecule is Cc1nc(C)c(C(C)NC(=O)N[C@@H](C)C(=O)O)s1. The van der Waals surface area contributed by atoms with E-state index in [2.05, 4.69) is 15.6 Å². The summed E-state index contributed by atoms with van der Waals surface area (Å²) in [4.78, 5) is 27.4. The van der Waals surface area contributed by atoms with Crippen molar-refractivity contribution < 1.29 is 14.7 Å². The highest BCUT2D eigenvalue weighted by Gasteiger charge is 2.18. The molecule has 0 fully saturated rings. The molecule has 0 saturated carbocycles. The number of aryl methyl sites for hydroxylation is 2. The Morgan fingerprint density at radius 2 is 1.89 bits per heavy atom. The van der Waals surface area contributed by atoms with Crippen molar-refractivity contribution in [1.82, 2.24) is 15.6 Å². The fourth-order valence-electron chi connectivity index (χ4n) is 1.51. The largest absolute Gasteiger partial charge is 0.480 e. The first-order valence-electron chi connectivity index (χ1n) is 5.55. The summed E-state index contributed by atoms with van der Waals surface area (Å²) in [5, 5.41) is 14.7. The van der Waals surface area contributed by atoms with Crippen LogP contribution in [0.25, 0.3) is 0 Å². The van der Waals surface area contributed by atoms with Crippen molar-refractivity contribution in [2.24, 2.45) is 0 Å². The molecule has 1 heterocycles. The molecule has 3 N–H and O–H groups in total. The van der Waals surface area contributed by atoms with Gasteiger partial charge in [-0.05, 0) is 27.7 Å². The fourth-order valence-corrected chi connectivity index (χ4v) is 2.44. The average molecular weight is 271 g/mol. The van der Waals surface area contributed by atoms with E-state index in [-0.39, 0.29) is 6.04 Å². The van der Waals surface area contributed by atoms with Crippen LogP contribution in [0.3, 0.4) is 0 Å². The van der Waals surface area contributed by atoms with Crippen LogP contribution in [-0.4, -0.2) is 28.1 Å². The number of hydrogen-bond donors (Lipinski definition) is 3. The molecule has 0 aromatic carbocycles. The van der Waals surface area contributed by atoms with Gasteiger partial charge in [0.2, 0.25) is 0 Å². The smallest absolute Gasteiger partial charge is 0.325 e. The molecule has 2 amide bonds. The minimum Gasteiger partial charge on any atom is -0.480 e. The molecule has 100 valence electrons. The van der Waals surface area contributed by atoms with Crippen molar-refractivity contribution in [3.63, 3.8) is 0 Å². The first-order chi connectivity index (χ1) is 8.31. The molecule has 0 aliphatic heterocycles. The molecule has 0 saturated heterocycles. The van der Waals surface area contributed by atoms with Crippen LogP contribution in [-0.2, 0) is 4.79 Å². The summed E-state index contributed by atoms with van der Waals surface area (Å²) >= 11 is 1.52. The number of thiazole rings is 1. The molecular weight excluding hydrogens is 254 g/mol. The predicted molar refractivity (Wildman–Crippen MR) is 68.8 cm³/mol. The van der Waals surface area contributed by atoms with Gasteiger partial charge in [-0.1, -0.05) is 0 Å². The standard InChI is InChI=1S/C11H17N3O3S/c1-5-9(18-8(4)12-5)6(2)13-11(17)14-7(3)10(15)16/h6-7H,1-4H3,(H,15,16)(H2,13,14,17)/t6?,7-/m0/s1. The lowest BCUT2D eigenvalue weighted by Crippen LogP contribution is -2.45. The Morgan fingerprint density at radius 1 is 1.28 bits per heavy atom. The number of carbonyl (C=O) groups is 2. The monoisotopic (exact) mass is 271 g/mol. The number of nitrogens with zero attached hydrogens (tertiary/aromatic N) is 1. The van der Waals surface area contributed by atoms with E-state index in [0.717, 1.165) is 15.6 Å². The highest BCUT2D eigenvalue weighted by molar-refractivity contribution is 7.11. The van der Waals surface area contributed by atoms with Crippen molar-refractivity contribution in [2.45, 2.75) is 39.8 Å². The number of carbonyl (C=O) groups excluding carboxylic acids is 1. The van der Waals surface area contributed by atoms with Crippen LogP contribution >= 0.6 is 11.3 Å². The molecule has 0 aliphatic rings. The summed E-state index contributed by atoms with van der Waals surface area (Å²) in [6.45, 7) is 7.04. The van der Waals surface area contributed by atoms with Gasteiger partial charge in [0.1, 0.15) is 6.04 Å². The van der Waals surface area contributed by atoms with Crippen LogP contribution in [0.2, 0.25) is 0 Å². The van der Waals surface area contributed by atoms with E-state index < -0.39 is 18.0 Å². The molecule has 0 radical (unpaired) electrons. The molecule has 1 aromatic rings. The summed E-state index contributed by atoms with van der Waals surface area (Å²) in [6.07, 6.45) is 0. The zero-order valence-electron chi connectivity index (χ0n) is 10.8. The number of nitrogens with one attached hydrogen (secondary N) is 2. The number of rotatable bonds is 4. The molecular formula is C11H17N3O3S. The maximum Gasteiger partial charge on any atom is 0.325 e. The normalized spacial score (nSPS) is 13.8. The van der Waals surface area contributed by atoms with E-state index in [0.29, 0.717) is 0 Å². The van der Waals surface area contributed by atoms with Gasteiger partial charge >= 0.3 is 12.0 Å². The van der Waals surface area contributed by atoms with E-state index in [1.807, 2.05) is 20.8 Å². The zero-order chi connectivity index (χ0) is 13.9. The number of carboxylic acids is 1. The summed E-state index contributed by atoms with van der Waals surface area (Å²) in [6, 6.07) is -1.61. The first-order valence-corrected chi connectivity index (χ1v) is 6.36. The lowest BCUT2D eigenvalue weighted by Gasteiger charge is -2.15. The maximum absolute atomic E-state index is 11.6. The Morgan fingerprint density at radius 3 is 2.33 bits per heavy atom. The van der Waals surface area contributed by atoms with Crippen LogP contribution in [0.1, 0.15) is 35.5 Å². The molecule has 7 heteroatoms. The highest BCUT2D eigenvalue weighted by atomic mass is 32.1. The Labute approximate surface area is 109 Å². The van der Waals surface area contributed by atoms with Gasteiger partial charge in [0.15, 0.2) is 0 Å². The Balaban J connectivity index is 2.60. The van der Waals surface area contributed by atoms with Gasteiger partial charge < -0.3 is 15.7 Å². The third kappa shape index (κ3) is 3.69. The molecule has 1 rings (SSSR count). The van der Waals surface area contributed by atoms with Crippen LogP contribution in [0, 0.1) is 13.8 Å². The number of aromatic nitrogens is 1. The minimum absolute atomic E-state index is 0.197. The molecule has 6 nitrogen and oxygen atoms in total. The molecule has 0 spiro atoms. The van der Waals surface area contributed by atoms with Crippen LogP contribution in [0.15, 0.2) is 0 Å². The summed E-state index contributed by atoms with van der Waals surface area (Å²) in [5.74, 6) is -1.07.